The molecule has 1 fully saturated rings. The fourth-order valence-electron chi connectivity index (χ4n) is 2.33. The molecule has 0 saturated carbocycles. The second-order valence-electron chi connectivity index (χ2n) is 4.96. The van der Waals surface area contributed by atoms with E-state index in [4.69, 9.17) is 9.57 Å². The number of nitrogens with zero attached hydrogens (tertiary/aromatic N) is 1. The largest absolute Gasteiger partial charge is 0.528 e. The highest BCUT2D eigenvalue weighted by atomic mass is 16.8. The second-order valence-corrected chi connectivity index (χ2v) is 4.96. The van der Waals surface area contributed by atoms with E-state index in [1.807, 2.05) is 12.2 Å². The highest BCUT2D eigenvalue weighted by Gasteiger charge is 2.35. The first kappa shape index (κ1) is 14.3. The van der Waals surface area contributed by atoms with Crippen molar-refractivity contribution < 1.29 is 24.6 Å². The molecule has 108 valence electrons. The van der Waals surface area contributed by atoms with Gasteiger partial charge in [0.05, 0.1) is 0 Å². The van der Waals surface area contributed by atoms with Crippen molar-refractivity contribution in [3.63, 3.8) is 0 Å². The van der Waals surface area contributed by atoms with Crippen molar-refractivity contribution in [3.05, 3.63) is 12.2 Å². The monoisotopic (exact) mass is 271 g/mol. The summed E-state index contributed by atoms with van der Waals surface area (Å²) in [6.45, 7) is 0. The molecule has 6 nitrogen and oxygen atoms in total. The van der Waals surface area contributed by atoms with Crippen LogP contribution in [0.2, 0.25) is 0 Å². The maximum atomic E-state index is 11.6. The van der Waals surface area contributed by atoms with Gasteiger partial charge in [-0.3, -0.25) is 0 Å². The molecular weight excluding hydrogens is 250 g/mol. The van der Waals surface area contributed by atoms with E-state index in [-0.39, 0.29) is 6.10 Å². The summed E-state index contributed by atoms with van der Waals surface area (Å²) in [5.41, 5.74) is 0. The molecule has 3 atom stereocenters. The van der Waals surface area contributed by atoms with Gasteiger partial charge in [-0.1, -0.05) is 17.6 Å². The Morgan fingerprint density at radius 3 is 2.58 bits per heavy atom. The Morgan fingerprint density at radius 2 is 1.84 bits per heavy atom. The summed E-state index contributed by atoms with van der Waals surface area (Å²) in [5, 5.41) is 19.9. The van der Waals surface area contributed by atoms with Gasteiger partial charge in [0, 0.05) is 0 Å². The number of carbonyl (C=O) groups is 1. The van der Waals surface area contributed by atoms with E-state index in [9.17, 15) is 15.0 Å². The van der Waals surface area contributed by atoms with Crippen molar-refractivity contribution in [2.24, 2.45) is 0 Å². The lowest BCUT2D eigenvalue weighted by molar-refractivity contribution is -0.248. The number of allylic oxidation sites excluding steroid dienone is 1. The highest BCUT2D eigenvalue weighted by molar-refractivity contribution is 5.60. The zero-order valence-electron chi connectivity index (χ0n) is 10.9. The van der Waals surface area contributed by atoms with Crippen LogP contribution in [0.15, 0.2) is 12.2 Å². The number of aliphatic hydroxyl groups is 2. The fraction of sp³-hybridized carbons (Fsp3) is 0.769. The summed E-state index contributed by atoms with van der Waals surface area (Å²) < 4.78 is 5.17. The maximum Gasteiger partial charge on any atom is 0.528 e. The maximum absolute atomic E-state index is 11.6. The Bertz CT molecular complexity index is 323. The van der Waals surface area contributed by atoms with Crippen LogP contribution in [-0.4, -0.2) is 40.0 Å². The van der Waals surface area contributed by atoms with Crippen LogP contribution in [0.4, 0.5) is 4.79 Å². The van der Waals surface area contributed by atoms with Gasteiger partial charge in [-0.05, 0) is 44.6 Å². The predicted molar refractivity (Wildman–Crippen MR) is 66.7 cm³/mol. The van der Waals surface area contributed by atoms with E-state index in [0.29, 0.717) is 12.8 Å². The second kappa shape index (κ2) is 6.88. The van der Waals surface area contributed by atoms with Gasteiger partial charge in [0.1, 0.15) is 18.6 Å². The van der Waals surface area contributed by atoms with Gasteiger partial charge in [0.2, 0.25) is 0 Å². The van der Waals surface area contributed by atoms with E-state index in [1.165, 1.54) is 6.42 Å². The van der Waals surface area contributed by atoms with Crippen molar-refractivity contribution >= 4 is 6.16 Å². The zero-order valence-corrected chi connectivity index (χ0v) is 10.9. The quantitative estimate of drug-likeness (QED) is 0.587. The molecule has 3 unspecified atom stereocenters. The SMILES string of the molecule is O=C(OC1/C=C\CCCCC1)ON1C(O)CCC1O. The number of rotatable bonds is 2. The molecule has 2 N–H and O–H groups in total. The number of hydrogen-bond acceptors (Lipinski definition) is 6. The Morgan fingerprint density at radius 1 is 1.11 bits per heavy atom. The summed E-state index contributed by atoms with van der Waals surface area (Å²) >= 11 is 0. The molecule has 0 aromatic carbocycles. The van der Waals surface area contributed by atoms with Crippen molar-refractivity contribution in [2.45, 2.75) is 63.5 Å². The third kappa shape index (κ3) is 4.19. The predicted octanol–water partition coefficient (Wildman–Crippen LogP) is 1.68. The van der Waals surface area contributed by atoms with Crippen LogP contribution < -0.4 is 0 Å². The lowest BCUT2D eigenvalue weighted by Crippen LogP contribution is -2.38. The normalized spacial score (nSPS) is 34.3. The first-order valence-corrected chi connectivity index (χ1v) is 6.86. The molecule has 19 heavy (non-hydrogen) atoms. The molecule has 1 aliphatic heterocycles. The smallest absolute Gasteiger partial charge is 0.425 e. The molecular formula is C13H21NO5. The molecule has 1 saturated heterocycles. The van der Waals surface area contributed by atoms with Crippen molar-refractivity contribution in [1.29, 1.82) is 0 Å². The number of hydrogen-bond donors (Lipinski definition) is 2. The molecule has 0 aromatic heterocycles. The van der Waals surface area contributed by atoms with Gasteiger partial charge in [0.25, 0.3) is 0 Å². The first-order chi connectivity index (χ1) is 9.16. The van der Waals surface area contributed by atoms with Crippen LogP contribution in [0, 0.1) is 0 Å². The van der Waals surface area contributed by atoms with Crippen LogP contribution in [0.1, 0.15) is 44.9 Å². The summed E-state index contributed by atoms with van der Waals surface area (Å²) in [7, 11) is 0. The minimum absolute atomic E-state index is 0.287. The summed E-state index contributed by atoms with van der Waals surface area (Å²) in [5.74, 6) is 0. The van der Waals surface area contributed by atoms with Gasteiger partial charge < -0.3 is 19.8 Å². The zero-order chi connectivity index (χ0) is 13.7. The number of ether oxygens (including phenoxy) is 1. The van der Waals surface area contributed by atoms with Crippen LogP contribution in [0.5, 0.6) is 0 Å². The van der Waals surface area contributed by atoms with Gasteiger partial charge in [-0.25, -0.2) is 4.79 Å². The van der Waals surface area contributed by atoms with E-state index < -0.39 is 18.6 Å². The average molecular weight is 271 g/mol. The molecule has 1 aliphatic carbocycles. The van der Waals surface area contributed by atoms with Crippen molar-refractivity contribution in [2.75, 3.05) is 0 Å². The fourth-order valence-corrected chi connectivity index (χ4v) is 2.33. The summed E-state index contributed by atoms with van der Waals surface area (Å²) in [6.07, 6.45) is 6.61. The van der Waals surface area contributed by atoms with E-state index >= 15 is 0 Å². The standard InChI is InChI=1S/C13H21NO5/c15-11-8-9-12(16)14(11)19-13(17)18-10-6-4-2-1-3-5-7-10/h4,6,10-12,15-16H,1-3,5,7-9H2/b6-4-. The first-order valence-electron chi connectivity index (χ1n) is 6.86. The molecule has 0 spiro atoms. The van der Waals surface area contributed by atoms with Crippen molar-refractivity contribution in [1.82, 2.24) is 5.06 Å². The Hall–Kier alpha value is -1.11. The number of carbonyl (C=O) groups excluding carboxylic acids is 1. The van der Waals surface area contributed by atoms with E-state index in [1.54, 1.807) is 0 Å². The van der Waals surface area contributed by atoms with Gasteiger partial charge in [0.15, 0.2) is 0 Å². The molecule has 0 aromatic rings. The number of aliphatic hydroxyl groups excluding tert-OH is 2. The van der Waals surface area contributed by atoms with Crippen LogP contribution in [0.25, 0.3) is 0 Å². The molecule has 0 bridgehead atoms. The molecule has 1 heterocycles. The van der Waals surface area contributed by atoms with Gasteiger partial charge in [-0.2, -0.15) is 0 Å². The topological polar surface area (TPSA) is 79.2 Å². The Balaban J connectivity index is 1.81. The summed E-state index contributed by atoms with van der Waals surface area (Å²) in [4.78, 5) is 16.5. The Kier molecular flexibility index (Phi) is 5.18. The lowest BCUT2D eigenvalue weighted by Gasteiger charge is -2.23. The van der Waals surface area contributed by atoms with Gasteiger partial charge in [-0.15, -0.1) is 0 Å². The van der Waals surface area contributed by atoms with E-state index in [0.717, 1.165) is 30.7 Å². The van der Waals surface area contributed by atoms with Crippen LogP contribution >= 0.6 is 0 Å². The summed E-state index contributed by atoms with van der Waals surface area (Å²) in [6, 6.07) is 0. The molecule has 0 radical (unpaired) electrons. The lowest BCUT2D eigenvalue weighted by atomic mass is 10.0. The van der Waals surface area contributed by atoms with E-state index in [2.05, 4.69) is 0 Å². The molecule has 6 heteroatoms. The van der Waals surface area contributed by atoms with Crippen molar-refractivity contribution in [3.8, 4) is 0 Å². The Labute approximate surface area is 112 Å². The minimum atomic E-state index is -0.963. The third-order valence-electron chi connectivity index (χ3n) is 3.41. The minimum Gasteiger partial charge on any atom is -0.425 e. The third-order valence-corrected chi connectivity index (χ3v) is 3.41. The molecule has 2 aliphatic rings. The van der Waals surface area contributed by atoms with Crippen LogP contribution in [0.3, 0.4) is 0 Å². The average Bonchev–Trinajstić information content (AvgIpc) is 2.64. The highest BCUT2D eigenvalue weighted by Crippen LogP contribution is 2.22. The van der Waals surface area contributed by atoms with Crippen LogP contribution in [-0.2, 0) is 9.57 Å². The van der Waals surface area contributed by atoms with Gasteiger partial charge >= 0.3 is 6.16 Å². The number of hydroxylamine groups is 2. The molecule has 0 amide bonds. The molecule has 2 rings (SSSR count).